The molecular formula is C18H27BN4O6. The van der Waals surface area contributed by atoms with Gasteiger partial charge in [0.05, 0.1) is 30.4 Å². The van der Waals surface area contributed by atoms with Crippen molar-refractivity contribution in [1.82, 2.24) is 20.2 Å². The minimum absolute atomic E-state index is 0.0124. The molecule has 1 aromatic rings. The number of carbonyl (C=O) groups excluding carboxylic acids is 1. The van der Waals surface area contributed by atoms with Crippen molar-refractivity contribution in [3.05, 3.63) is 11.9 Å². The van der Waals surface area contributed by atoms with Crippen LogP contribution < -0.4 is 15.6 Å². The molecular weight excluding hydrogens is 379 g/mol. The van der Waals surface area contributed by atoms with E-state index in [2.05, 4.69) is 15.3 Å². The Balaban J connectivity index is 1.76. The molecule has 0 aliphatic carbocycles. The van der Waals surface area contributed by atoms with E-state index in [-0.39, 0.29) is 30.9 Å². The maximum absolute atomic E-state index is 11.7. The van der Waals surface area contributed by atoms with Gasteiger partial charge in [0.2, 0.25) is 11.8 Å². The summed E-state index contributed by atoms with van der Waals surface area (Å²) in [5.74, 6) is 0.142. The van der Waals surface area contributed by atoms with Crippen molar-refractivity contribution in [3.8, 4) is 5.88 Å². The second-order valence-electron chi connectivity index (χ2n) is 8.31. The molecule has 0 saturated carbocycles. The van der Waals surface area contributed by atoms with Gasteiger partial charge in [-0.25, -0.2) is 9.78 Å². The molecule has 2 amide bonds. The zero-order valence-electron chi connectivity index (χ0n) is 17.4. The van der Waals surface area contributed by atoms with Crippen molar-refractivity contribution >= 4 is 24.7 Å². The second kappa shape index (κ2) is 7.79. The van der Waals surface area contributed by atoms with Crippen LogP contribution in [0, 0.1) is 0 Å². The Morgan fingerprint density at radius 1 is 1.38 bits per heavy atom. The predicted molar refractivity (Wildman–Crippen MR) is 104 cm³/mol. The largest absolute Gasteiger partial charge is 0.516 e. The van der Waals surface area contributed by atoms with E-state index in [1.54, 1.807) is 0 Å². The van der Waals surface area contributed by atoms with Crippen LogP contribution in [0.5, 0.6) is 5.88 Å². The molecule has 1 aromatic heterocycles. The lowest BCUT2D eigenvalue weighted by atomic mass is 9.85. The highest BCUT2D eigenvalue weighted by atomic mass is 16.7. The van der Waals surface area contributed by atoms with Crippen molar-refractivity contribution in [2.24, 2.45) is 0 Å². The number of ether oxygens (including phenoxy) is 1. The molecule has 1 unspecified atom stereocenters. The summed E-state index contributed by atoms with van der Waals surface area (Å²) in [4.78, 5) is 33.0. The van der Waals surface area contributed by atoms with Crippen molar-refractivity contribution in [2.75, 3.05) is 13.7 Å². The fourth-order valence-electron chi connectivity index (χ4n) is 3.23. The maximum atomic E-state index is 11.7. The topological polar surface area (TPSA) is 123 Å². The molecule has 2 aliphatic rings. The minimum Gasteiger partial charge on any atom is -0.480 e. The molecule has 3 rings (SSSR count). The highest BCUT2D eigenvalue weighted by Crippen LogP contribution is 2.36. The first kappa shape index (κ1) is 21.3. The normalized spacial score (nSPS) is 22.4. The Labute approximate surface area is 170 Å². The van der Waals surface area contributed by atoms with Crippen LogP contribution in [0.3, 0.4) is 0 Å². The van der Waals surface area contributed by atoms with Gasteiger partial charge < -0.3 is 29.4 Å². The first-order valence-electron chi connectivity index (χ1n) is 9.55. The summed E-state index contributed by atoms with van der Waals surface area (Å²) in [6.45, 7) is 7.93. The Bertz CT molecular complexity index is 787. The molecule has 10 nitrogen and oxygen atoms in total. The van der Waals surface area contributed by atoms with E-state index in [4.69, 9.17) is 14.0 Å². The number of nitrogens with zero attached hydrogens (tertiary/aromatic N) is 3. The number of methoxy groups -OCH3 is 1. The van der Waals surface area contributed by atoms with E-state index in [1.807, 2.05) is 27.7 Å². The average Bonchev–Trinajstić information content (AvgIpc) is 3.13. The van der Waals surface area contributed by atoms with E-state index >= 15 is 0 Å². The summed E-state index contributed by atoms with van der Waals surface area (Å²) in [7, 11) is 0.754. The van der Waals surface area contributed by atoms with Crippen molar-refractivity contribution in [2.45, 2.75) is 64.3 Å². The molecule has 0 spiro atoms. The summed E-state index contributed by atoms with van der Waals surface area (Å²) in [6, 6.07) is -0.207. The minimum atomic E-state index is -1.11. The lowest BCUT2D eigenvalue weighted by Crippen LogP contribution is -2.41. The van der Waals surface area contributed by atoms with Gasteiger partial charge in [-0.3, -0.25) is 9.78 Å². The van der Waals surface area contributed by atoms with Crippen molar-refractivity contribution in [3.63, 3.8) is 0 Å². The summed E-state index contributed by atoms with van der Waals surface area (Å²) < 4.78 is 17.3. The van der Waals surface area contributed by atoms with Crippen LogP contribution in [0.25, 0.3) is 0 Å². The van der Waals surface area contributed by atoms with Crippen LogP contribution in [0.2, 0.25) is 0 Å². The van der Waals surface area contributed by atoms with Crippen LogP contribution in [0.15, 0.2) is 6.20 Å². The van der Waals surface area contributed by atoms with Crippen LogP contribution in [0.1, 0.15) is 46.2 Å². The molecule has 2 N–H and O–H groups in total. The number of carbonyl (C=O) groups is 2. The Morgan fingerprint density at radius 3 is 2.55 bits per heavy atom. The van der Waals surface area contributed by atoms with E-state index in [0.717, 1.165) is 0 Å². The molecule has 158 valence electrons. The lowest BCUT2D eigenvalue weighted by Gasteiger charge is -2.32. The average molecular weight is 406 g/mol. The third-order valence-corrected chi connectivity index (χ3v) is 5.66. The molecule has 2 saturated heterocycles. The van der Waals surface area contributed by atoms with E-state index in [1.165, 1.54) is 18.2 Å². The van der Waals surface area contributed by atoms with Gasteiger partial charge in [0.15, 0.2) is 0 Å². The number of aromatic nitrogens is 2. The molecule has 0 radical (unpaired) electrons. The lowest BCUT2D eigenvalue weighted by molar-refractivity contribution is -0.119. The smallest absolute Gasteiger partial charge is 0.480 e. The van der Waals surface area contributed by atoms with Crippen molar-refractivity contribution < 1.29 is 28.7 Å². The van der Waals surface area contributed by atoms with E-state index in [0.29, 0.717) is 24.1 Å². The van der Waals surface area contributed by atoms with Gasteiger partial charge in [-0.2, -0.15) is 0 Å². The fraction of sp³-hybridized carbons (Fsp3) is 0.667. The van der Waals surface area contributed by atoms with Gasteiger partial charge in [0.25, 0.3) is 0 Å². The third kappa shape index (κ3) is 4.45. The summed E-state index contributed by atoms with van der Waals surface area (Å²) in [6.07, 6.45) is 1.42. The Hall–Kier alpha value is -2.40. The number of hydrogen-bond acceptors (Lipinski definition) is 7. The first-order chi connectivity index (χ1) is 13.5. The van der Waals surface area contributed by atoms with E-state index in [9.17, 15) is 14.7 Å². The molecule has 0 bridgehead atoms. The van der Waals surface area contributed by atoms with E-state index < -0.39 is 24.4 Å². The quantitative estimate of drug-likeness (QED) is 0.657. The number of hydrogen-bond donors (Lipinski definition) is 2. The fourth-order valence-corrected chi connectivity index (χ4v) is 3.23. The molecule has 2 aliphatic heterocycles. The summed E-state index contributed by atoms with van der Waals surface area (Å²) in [5, 5.41) is 12.3. The monoisotopic (exact) mass is 406 g/mol. The van der Waals surface area contributed by atoms with Gasteiger partial charge in [-0.15, -0.1) is 0 Å². The zero-order chi connectivity index (χ0) is 21.4. The SMILES string of the molecule is COc1nc(B2OC(C)(C)C(C)(C)O2)cnc1CN(CC1CCC(=O)N1)C(=O)O. The van der Waals surface area contributed by atoms with Gasteiger partial charge >= 0.3 is 13.2 Å². The van der Waals surface area contributed by atoms with Gasteiger partial charge in [0, 0.05) is 25.2 Å². The standard InChI is InChI=1S/C18H27BN4O6/c1-17(2)18(3,4)29-19(28-17)13-8-20-12(15(22-13)27-5)10-23(16(25)26)9-11-6-7-14(24)21-11/h8,11H,6-7,9-10H2,1-5H3,(H,21,24)(H,25,26). The molecule has 2 fully saturated rings. The highest BCUT2D eigenvalue weighted by Gasteiger charge is 2.52. The number of rotatable bonds is 6. The van der Waals surface area contributed by atoms with Crippen molar-refractivity contribution in [1.29, 1.82) is 0 Å². The maximum Gasteiger partial charge on any atom is 0.516 e. The van der Waals surface area contributed by atoms with Crippen LogP contribution >= 0.6 is 0 Å². The molecule has 11 heteroatoms. The van der Waals surface area contributed by atoms with Crippen LogP contribution in [0.4, 0.5) is 4.79 Å². The number of amides is 2. The molecule has 29 heavy (non-hydrogen) atoms. The Kier molecular flexibility index (Phi) is 5.73. The number of nitrogens with one attached hydrogen (secondary N) is 1. The number of carboxylic acid groups (broad SMARTS) is 1. The second-order valence-corrected chi connectivity index (χ2v) is 8.31. The molecule has 1 atom stereocenters. The van der Waals surface area contributed by atoms with Crippen LogP contribution in [-0.4, -0.2) is 70.0 Å². The highest BCUT2D eigenvalue weighted by molar-refractivity contribution is 6.61. The molecule has 3 heterocycles. The molecule has 0 aromatic carbocycles. The van der Waals surface area contributed by atoms with Crippen LogP contribution in [-0.2, 0) is 20.6 Å². The summed E-state index contributed by atoms with van der Waals surface area (Å²) in [5.41, 5.74) is -0.206. The zero-order valence-corrected chi connectivity index (χ0v) is 17.4. The summed E-state index contributed by atoms with van der Waals surface area (Å²) >= 11 is 0. The first-order valence-corrected chi connectivity index (χ1v) is 9.55. The third-order valence-electron chi connectivity index (χ3n) is 5.66. The Morgan fingerprint density at radius 2 is 2.03 bits per heavy atom. The van der Waals surface area contributed by atoms with Gasteiger partial charge in [-0.1, -0.05) is 0 Å². The van der Waals surface area contributed by atoms with Gasteiger partial charge in [0.1, 0.15) is 5.69 Å². The predicted octanol–water partition coefficient (Wildman–Crippen LogP) is 0.543. The van der Waals surface area contributed by atoms with Gasteiger partial charge in [-0.05, 0) is 34.1 Å².